The molecule has 0 aromatic rings. The molecule has 0 saturated carbocycles. The van der Waals surface area contributed by atoms with E-state index in [4.69, 9.17) is 23.3 Å². The van der Waals surface area contributed by atoms with Crippen LogP contribution in [0.25, 0.3) is 0 Å². The minimum absolute atomic E-state index is 0.150. The molecule has 0 rings (SSSR count). The molecule has 0 aromatic heterocycles. The number of phosphoric acid groups is 1. The monoisotopic (exact) mass is 1170 g/mol. The van der Waals surface area contributed by atoms with Crippen molar-refractivity contribution in [3.63, 3.8) is 0 Å². The molecule has 0 amide bonds. The average molecular weight is 1170 g/mol. The van der Waals surface area contributed by atoms with Crippen LogP contribution in [0.5, 0.6) is 0 Å². The van der Waals surface area contributed by atoms with Gasteiger partial charge in [-0.2, -0.15) is 0 Å². The van der Waals surface area contributed by atoms with Crippen LogP contribution in [0.3, 0.4) is 0 Å². The zero-order chi connectivity index (χ0) is 59.8. The highest BCUT2D eigenvalue weighted by atomic mass is 31.2. The number of carbonyl (C=O) groups excluding carboxylic acids is 3. The first-order valence-electron chi connectivity index (χ1n) is 33.8. The summed E-state index contributed by atoms with van der Waals surface area (Å²) >= 11 is 0. The minimum atomic E-state index is -4.76. The third-order valence-corrected chi connectivity index (χ3v) is 15.6. The molecule has 0 fully saturated rings. The van der Waals surface area contributed by atoms with E-state index >= 15 is 0 Å². The third-order valence-electron chi connectivity index (χ3n) is 14.6. The molecule has 11 nitrogen and oxygen atoms in total. The maximum Gasteiger partial charge on any atom is 0.472 e. The fraction of sp³-hybridized carbons (Fsp3) is 0.786. The summed E-state index contributed by atoms with van der Waals surface area (Å²) in [7, 11) is -4.76. The maximum absolute atomic E-state index is 13.0. The highest BCUT2D eigenvalue weighted by molar-refractivity contribution is 7.47. The van der Waals surface area contributed by atoms with Crippen molar-refractivity contribution in [2.45, 2.75) is 328 Å². The van der Waals surface area contributed by atoms with Gasteiger partial charge in [0.2, 0.25) is 0 Å². The van der Waals surface area contributed by atoms with E-state index in [1.54, 1.807) is 0 Å². The van der Waals surface area contributed by atoms with E-state index in [-0.39, 0.29) is 25.9 Å². The van der Waals surface area contributed by atoms with Crippen LogP contribution in [-0.4, -0.2) is 66.5 Å². The van der Waals surface area contributed by atoms with Crippen molar-refractivity contribution in [1.29, 1.82) is 0 Å². The second kappa shape index (κ2) is 63.9. The minimum Gasteiger partial charge on any atom is -0.462 e. The summed E-state index contributed by atoms with van der Waals surface area (Å²) < 4.78 is 39.8. The van der Waals surface area contributed by atoms with E-state index in [0.29, 0.717) is 19.3 Å². The van der Waals surface area contributed by atoms with Gasteiger partial charge in [0.25, 0.3) is 0 Å². The molecule has 0 aromatic carbocycles. The van der Waals surface area contributed by atoms with E-state index in [1.807, 2.05) is 0 Å². The number of unbranched alkanes of at least 4 members (excludes halogenated alkanes) is 34. The molecular formula is C70H125O11P. The lowest BCUT2D eigenvalue weighted by atomic mass is 10.0. The van der Waals surface area contributed by atoms with Crippen molar-refractivity contribution in [3.8, 4) is 0 Å². The summed E-state index contributed by atoms with van der Waals surface area (Å²) in [6.07, 6.45) is 74.1. The molecule has 0 aliphatic heterocycles. The van der Waals surface area contributed by atoms with Gasteiger partial charge in [-0.3, -0.25) is 23.4 Å². The fourth-order valence-electron chi connectivity index (χ4n) is 9.50. The van der Waals surface area contributed by atoms with Crippen molar-refractivity contribution in [1.82, 2.24) is 0 Å². The SMILES string of the molecule is CC/C=C\C/C=C\C/C=C\C/C=C\CCCCCCCCC(=O)OC(COC(=O)CCCCCCCCCCC/C=C\C/C=C\CCCCC)COP(=O)(O)OCC(CO)OC(=O)CCCCCCCCCCCCCCCCCCC. The molecule has 0 bridgehead atoms. The Kier molecular flexibility index (Phi) is 61.5. The van der Waals surface area contributed by atoms with Crippen LogP contribution < -0.4 is 0 Å². The Labute approximate surface area is 503 Å². The number of rotatable bonds is 63. The molecule has 3 atom stereocenters. The molecule has 0 aliphatic carbocycles. The van der Waals surface area contributed by atoms with E-state index in [2.05, 4.69) is 93.7 Å². The molecule has 2 N–H and O–H groups in total. The molecule has 0 saturated heterocycles. The smallest absolute Gasteiger partial charge is 0.462 e. The summed E-state index contributed by atoms with van der Waals surface area (Å²) in [6, 6.07) is 0. The van der Waals surface area contributed by atoms with Crippen LogP contribution in [0.1, 0.15) is 316 Å². The van der Waals surface area contributed by atoms with Gasteiger partial charge in [-0.1, -0.05) is 280 Å². The van der Waals surface area contributed by atoms with Crippen LogP contribution in [-0.2, 0) is 42.2 Å². The summed E-state index contributed by atoms with van der Waals surface area (Å²) in [5.41, 5.74) is 0. The van der Waals surface area contributed by atoms with Crippen LogP contribution in [0.4, 0.5) is 0 Å². The van der Waals surface area contributed by atoms with Crippen LogP contribution >= 0.6 is 7.82 Å². The second-order valence-electron chi connectivity index (χ2n) is 22.6. The molecule has 0 spiro atoms. The Balaban J connectivity index is 4.70. The Morgan fingerprint density at radius 2 is 0.634 bits per heavy atom. The first kappa shape index (κ1) is 78.9. The maximum atomic E-state index is 13.0. The standard InChI is InChI=1S/C70H125O11P/c1-4-7-10-13-16-19-22-25-28-31-33-36-38-41-44-47-50-53-56-59-68(72)77-63-67(81-70(74)61-58-55-52-49-46-43-40-37-34-32-29-26-23-20-17-14-11-8-5-2)65-79-82(75,76)78-64-66(62-71)80-69(73)60-57-54-51-48-45-42-39-35-30-27-24-21-18-15-12-9-6-3/h8,11,16-17,19-20,25-26,28-29,34,37,66-67,71H,4-7,9-10,12-15,18,21-24,27,30-33,35-36,38-65H2,1-3H3,(H,75,76)/b11-8-,19-16-,20-17-,28-25-,29-26-,37-34-. The largest absolute Gasteiger partial charge is 0.472 e. The Hall–Kier alpha value is -3.08. The number of hydrogen-bond donors (Lipinski definition) is 2. The number of ether oxygens (including phenoxy) is 3. The number of phosphoric ester groups is 1. The van der Waals surface area contributed by atoms with Crippen LogP contribution in [0.2, 0.25) is 0 Å². The van der Waals surface area contributed by atoms with Gasteiger partial charge in [0.15, 0.2) is 6.10 Å². The lowest BCUT2D eigenvalue weighted by Gasteiger charge is -2.21. The first-order valence-corrected chi connectivity index (χ1v) is 35.3. The lowest BCUT2D eigenvalue weighted by Crippen LogP contribution is -2.30. The highest BCUT2D eigenvalue weighted by Crippen LogP contribution is 2.43. The van der Waals surface area contributed by atoms with Gasteiger partial charge in [-0.15, -0.1) is 0 Å². The van der Waals surface area contributed by atoms with E-state index < -0.39 is 57.8 Å². The predicted octanol–water partition coefficient (Wildman–Crippen LogP) is 20.8. The zero-order valence-electron chi connectivity index (χ0n) is 53.0. The van der Waals surface area contributed by atoms with Crippen molar-refractivity contribution in [3.05, 3.63) is 72.9 Å². The molecule has 0 radical (unpaired) electrons. The summed E-state index contributed by atoms with van der Waals surface area (Å²) in [4.78, 5) is 48.9. The summed E-state index contributed by atoms with van der Waals surface area (Å²) in [5, 5.41) is 9.87. The Morgan fingerprint density at radius 3 is 1.00 bits per heavy atom. The molecular weight excluding hydrogens is 1050 g/mol. The number of carbonyl (C=O) groups is 3. The average Bonchev–Trinajstić information content (AvgIpc) is 3.50. The summed E-state index contributed by atoms with van der Waals surface area (Å²) in [5.74, 6) is -1.47. The molecule has 476 valence electrons. The Morgan fingerprint density at radius 1 is 0.354 bits per heavy atom. The summed E-state index contributed by atoms with van der Waals surface area (Å²) in [6.45, 7) is 4.55. The zero-order valence-corrected chi connectivity index (χ0v) is 53.8. The normalized spacial score (nSPS) is 13.7. The van der Waals surface area contributed by atoms with Gasteiger partial charge in [0.05, 0.1) is 19.8 Å². The van der Waals surface area contributed by atoms with Crippen molar-refractivity contribution in [2.24, 2.45) is 0 Å². The predicted molar refractivity (Wildman–Crippen MR) is 344 cm³/mol. The van der Waals surface area contributed by atoms with Gasteiger partial charge in [-0.25, -0.2) is 4.57 Å². The van der Waals surface area contributed by atoms with Crippen molar-refractivity contribution >= 4 is 25.7 Å². The lowest BCUT2D eigenvalue weighted by molar-refractivity contribution is -0.161. The van der Waals surface area contributed by atoms with Crippen molar-refractivity contribution in [2.75, 3.05) is 26.4 Å². The molecule has 82 heavy (non-hydrogen) atoms. The number of aliphatic hydroxyl groups is 1. The van der Waals surface area contributed by atoms with Gasteiger partial charge >= 0.3 is 25.7 Å². The first-order chi connectivity index (χ1) is 40.2. The van der Waals surface area contributed by atoms with Gasteiger partial charge in [0, 0.05) is 19.3 Å². The van der Waals surface area contributed by atoms with Crippen LogP contribution in [0, 0.1) is 0 Å². The number of esters is 3. The van der Waals surface area contributed by atoms with Gasteiger partial charge in [-0.05, 0) is 89.9 Å². The number of hydrogen-bond acceptors (Lipinski definition) is 10. The van der Waals surface area contributed by atoms with E-state index in [1.165, 1.54) is 141 Å². The molecule has 3 unspecified atom stereocenters. The number of allylic oxidation sites excluding steroid dienone is 12. The fourth-order valence-corrected chi connectivity index (χ4v) is 10.3. The quantitative estimate of drug-likeness (QED) is 0.0197. The van der Waals surface area contributed by atoms with Crippen LogP contribution in [0.15, 0.2) is 72.9 Å². The van der Waals surface area contributed by atoms with Gasteiger partial charge in [0.1, 0.15) is 12.7 Å². The highest BCUT2D eigenvalue weighted by Gasteiger charge is 2.28. The number of aliphatic hydroxyl groups excluding tert-OH is 1. The topological polar surface area (TPSA) is 155 Å². The third kappa shape index (κ3) is 61.5. The van der Waals surface area contributed by atoms with Crippen molar-refractivity contribution < 1.29 is 52.2 Å². The second-order valence-corrected chi connectivity index (χ2v) is 24.1. The molecule has 0 aliphatic rings. The molecule has 12 heteroatoms. The Bertz CT molecular complexity index is 1650. The van der Waals surface area contributed by atoms with E-state index in [9.17, 15) is 28.9 Å². The van der Waals surface area contributed by atoms with E-state index in [0.717, 1.165) is 116 Å². The molecule has 0 heterocycles. The van der Waals surface area contributed by atoms with Gasteiger partial charge < -0.3 is 24.2 Å².